The predicted octanol–water partition coefficient (Wildman–Crippen LogP) is 1.78. The number of hydrogen-bond acceptors (Lipinski definition) is 4. The first kappa shape index (κ1) is 14.8. The number of nitrogens with two attached hydrogens (primary N) is 1. The van der Waals surface area contributed by atoms with Crippen molar-refractivity contribution in [3.05, 3.63) is 0 Å². The maximum absolute atomic E-state index is 12.0. The summed E-state index contributed by atoms with van der Waals surface area (Å²) >= 11 is 0. The number of methoxy groups -OCH3 is 1. The maximum Gasteiger partial charge on any atom is 0.327 e. The van der Waals surface area contributed by atoms with E-state index in [1.54, 1.807) is 0 Å². The smallest absolute Gasteiger partial charge is 0.327 e. The SMILES string of the molecule is CCCC1CCN(CC(N)(C(=O)OC)C2CC2)CC1. The van der Waals surface area contributed by atoms with Gasteiger partial charge < -0.3 is 15.4 Å². The molecule has 0 aromatic carbocycles. The lowest BCUT2D eigenvalue weighted by Crippen LogP contribution is -2.59. The van der Waals surface area contributed by atoms with Gasteiger partial charge in [0.15, 0.2) is 0 Å². The first-order valence-corrected chi connectivity index (χ1v) is 7.69. The van der Waals surface area contributed by atoms with Crippen LogP contribution in [0.1, 0.15) is 45.4 Å². The van der Waals surface area contributed by atoms with Crippen LogP contribution in [0.25, 0.3) is 0 Å². The number of nitrogens with zero attached hydrogens (tertiary/aromatic N) is 1. The Kier molecular flexibility index (Phi) is 4.85. The molecule has 0 amide bonds. The van der Waals surface area contributed by atoms with E-state index in [1.807, 2.05) is 0 Å². The first-order chi connectivity index (χ1) is 9.10. The van der Waals surface area contributed by atoms with Crippen LogP contribution in [0.5, 0.6) is 0 Å². The number of likely N-dealkylation sites (tertiary alicyclic amines) is 1. The van der Waals surface area contributed by atoms with Crippen LogP contribution in [0.3, 0.4) is 0 Å². The molecule has 2 aliphatic rings. The summed E-state index contributed by atoms with van der Waals surface area (Å²) in [5.41, 5.74) is 5.59. The number of carbonyl (C=O) groups excluding carboxylic acids is 1. The van der Waals surface area contributed by atoms with E-state index in [0.29, 0.717) is 12.5 Å². The van der Waals surface area contributed by atoms with Crippen molar-refractivity contribution in [2.75, 3.05) is 26.7 Å². The second-order valence-corrected chi connectivity index (χ2v) is 6.31. The number of ether oxygens (including phenoxy) is 1. The number of piperidine rings is 1. The molecule has 0 aromatic rings. The molecule has 0 spiro atoms. The van der Waals surface area contributed by atoms with Crippen molar-refractivity contribution in [1.29, 1.82) is 0 Å². The minimum Gasteiger partial charge on any atom is -0.468 e. The van der Waals surface area contributed by atoms with Crippen molar-refractivity contribution in [3.8, 4) is 0 Å². The zero-order valence-corrected chi connectivity index (χ0v) is 12.4. The van der Waals surface area contributed by atoms with Crippen molar-refractivity contribution in [1.82, 2.24) is 4.90 Å². The Morgan fingerprint density at radius 1 is 1.32 bits per heavy atom. The lowest BCUT2D eigenvalue weighted by atomic mass is 9.89. The molecule has 110 valence electrons. The van der Waals surface area contributed by atoms with Gasteiger partial charge in [-0.25, -0.2) is 0 Å². The van der Waals surface area contributed by atoms with Crippen LogP contribution in [0.2, 0.25) is 0 Å². The molecule has 0 radical (unpaired) electrons. The van der Waals surface area contributed by atoms with E-state index in [2.05, 4.69) is 11.8 Å². The molecule has 1 saturated heterocycles. The minimum atomic E-state index is -0.771. The van der Waals surface area contributed by atoms with Crippen molar-refractivity contribution in [2.45, 2.75) is 51.0 Å². The van der Waals surface area contributed by atoms with Crippen molar-refractivity contribution < 1.29 is 9.53 Å². The van der Waals surface area contributed by atoms with Crippen molar-refractivity contribution >= 4 is 5.97 Å². The van der Waals surface area contributed by atoms with Crippen LogP contribution >= 0.6 is 0 Å². The Balaban J connectivity index is 1.87. The molecule has 1 saturated carbocycles. The second-order valence-electron chi connectivity index (χ2n) is 6.31. The Morgan fingerprint density at radius 2 is 1.95 bits per heavy atom. The van der Waals surface area contributed by atoms with Gasteiger partial charge in [0.05, 0.1) is 7.11 Å². The van der Waals surface area contributed by atoms with Crippen LogP contribution in [0.15, 0.2) is 0 Å². The van der Waals surface area contributed by atoms with Gasteiger partial charge in [0, 0.05) is 6.54 Å². The summed E-state index contributed by atoms with van der Waals surface area (Å²) in [5.74, 6) is 0.964. The van der Waals surface area contributed by atoms with Crippen LogP contribution in [0, 0.1) is 11.8 Å². The summed E-state index contributed by atoms with van der Waals surface area (Å²) in [6, 6.07) is 0. The third kappa shape index (κ3) is 3.48. The number of hydrogen-bond donors (Lipinski definition) is 1. The van der Waals surface area contributed by atoms with Gasteiger partial charge in [-0.3, -0.25) is 4.79 Å². The van der Waals surface area contributed by atoms with Crippen LogP contribution in [-0.4, -0.2) is 43.2 Å². The summed E-state index contributed by atoms with van der Waals surface area (Å²) in [4.78, 5) is 14.3. The molecule has 1 unspecified atom stereocenters. The Bertz CT molecular complexity index is 309. The molecule has 4 heteroatoms. The zero-order chi connectivity index (χ0) is 13.9. The Morgan fingerprint density at radius 3 is 2.42 bits per heavy atom. The molecule has 0 bridgehead atoms. The van der Waals surface area contributed by atoms with Gasteiger partial charge in [0.1, 0.15) is 5.54 Å². The molecular weight excluding hydrogens is 240 g/mol. The molecular formula is C15H28N2O2. The van der Waals surface area contributed by atoms with E-state index < -0.39 is 5.54 Å². The third-order valence-electron chi connectivity index (χ3n) is 4.76. The van der Waals surface area contributed by atoms with Crippen molar-refractivity contribution in [3.63, 3.8) is 0 Å². The van der Waals surface area contributed by atoms with Crippen LogP contribution < -0.4 is 5.73 Å². The summed E-state index contributed by atoms with van der Waals surface area (Å²) in [6.07, 6.45) is 7.23. The molecule has 1 aliphatic heterocycles. The quantitative estimate of drug-likeness (QED) is 0.746. The molecule has 1 atom stereocenters. The van der Waals surface area contributed by atoms with Gasteiger partial charge in [-0.1, -0.05) is 19.8 Å². The second kappa shape index (κ2) is 6.23. The largest absolute Gasteiger partial charge is 0.468 e. The van der Waals surface area contributed by atoms with E-state index >= 15 is 0 Å². The van der Waals surface area contributed by atoms with Crippen LogP contribution in [0.4, 0.5) is 0 Å². The highest BCUT2D eigenvalue weighted by Crippen LogP contribution is 2.40. The van der Waals surface area contributed by atoms with Gasteiger partial charge in [-0.15, -0.1) is 0 Å². The topological polar surface area (TPSA) is 55.6 Å². The Labute approximate surface area is 116 Å². The monoisotopic (exact) mass is 268 g/mol. The fourth-order valence-corrected chi connectivity index (χ4v) is 3.36. The van der Waals surface area contributed by atoms with Gasteiger partial charge in [0.2, 0.25) is 0 Å². The summed E-state index contributed by atoms with van der Waals surface area (Å²) in [7, 11) is 1.44. The van der Waals surface area contributed by atoms with E-state index in [0.717, 1.165) is 31.8 Å². The van der Waals surface area contributed by atoms with E-state index in [1.165, 1.54) is 32.8 Å². The van der Waals surface area contributed by atoms with Crippen molar-refractivity contribution in [2.24, 2.45) is 17.6 Å². The van der Waals surface area contributed by atoms with E-state index in [4.69, 9.17) is 10.5 Å². The fourth-order valence-electron chi connectivity index (χ4n) is 3.36. The highest BCUT2D eigenvalue weighted by atomic mass is 16.5. The highest BCUT2D eigenvalue weighted by molar-refractivity contribution is 5.81. The van der Waals surface area contributed by atoms with Gasteiger partial charge in [-0.2, -0.15) is 0 Å². The fraction of sp³-hybridized carbons (Fsp3) is 0.933. The average Bonchev–Trinajstić information content (AvgIpc) is 3.25. The number of carbonyl (C=O) groups is 1. The van der Waals surface area contributed by atoms with Gasteiger partial charge in [-0.05, 0) is 50.6 Å². The average molecular weight is 268 g/mol. The lowest BCUT2D eigenvalue weighted by molar-refractivity contribution is -0.149. The van der Waals surface area contributed by atoms with E-state index in [9.17, 15) is 4.79 Å². The first-order valence-electron chi connectivity index (χ1n) is 7.69. The normalized spacial score (nSPS) is 25.0. The minimum absolute atomic E-state index is 0.231. The number of esters is 1. The van der Waals surface area contributed by atoms with Gasteiger partial charge >= 0.3 is 5.97 Å². The van der Waals surface area contributed by atoms with Gasteiger partial charge in [0.25, 0.3) is 0 Å². The molecule has 4 nitrogen and oxygen atoms in total. The molecule has 2 fully saturated rings. The molecule has 2 N–H and O–H groups in total. The number of rotatable bonds is 6. The molecule has 2 rings (SSSR count). The standard InChI is InChI=1S/C15H28N2O2/c1-3-4-12-7-9-17(10-8-12)11-15(16,13-5-6-13)14(18)19-2/h12-13H,3-11,16H2,1-2H3. The molecule has 0 aromatic heterocycles. The lowest BCUT2D eigenvalue weighted by Gasteiger charge is -2.37. The molecule has 19 heavy (non-hydrogen) atoms. The summed E-state index contributed by atoms with van der Waals surface area (Å²) in [6.45, 7) is 5.07. The summed E-state index contributed by atoms with van der Waals surface area (Å²) in [5, 5.41) is 0. The summed E-state index contributed by atoms with van der Waals surface area (Å²) < 4.78 is 4.93. The zero-order valence-electron chi connectivity index (χ0n) is 12.4. The highest BCUT2D eigenvalue weighted by Gasteiger charge is 2.50. The predicted molar refractivity (Wildman–Crippen MR) is 75.7 cm³/mol. The van der Waals surface area contributed by atoms with Crippen LogP contribution in [-0.2, 0) is 9.53 Å². The third-order valence-corrected chi connectivity index (χ3v) is 4.76. The van der Waals surface area contributed by atoms with E-state index in [-0.39, 0.29) is 5.97 Å². The maximum atomic E-state index is 12.0. The Hall–Kier alpha value is -0.610. The molecule has 1 aliphatic carbocycles. The molecule has 1 heterocycles.